The van der Waals surface area contributed by atoms with Crippen LogP contribution in [0.2, 0.25) is 0 Å². The maximum Gasteiger partial charge on any atom is 0.253 e. The Bertz CT molecular complexity index is 444. The van der Waals surface area contributed by atoms with Crippen LogP contribution in [0.15, 0.2) is 18.2 Å². The van der Waals surface area contributed by atoms with Crippen LogP contribution < -0.4 is 16.6 Å². The first kappa shape index (κ1) is 13.8. The quantitative estimate of drug-likeness (QED) is 0.578. The summed E-state index contributed by atoms with van der Waals surface area (Å²) < 4.78 is 13.5. The summed E-state index contributed by atoms with van der Waals surface area (Å²) in [5.41, 5.74) is 2.54. The largest absolute Gasteiger partial charge is 0.352 e. The highest BCUT2D eigenvalue weighted by Crippen LogP contribution is 2.23. The lowest BCUT2D eigenvalue weighted by Crippen LogP contribution is -2.31. The Kier molecular flexibility index (Phi) is 4.74. The van der Waals surface area contributed by atoms with Gasteiger partial charge in [-0.15, -0.1) is 0 Å². The van der Waals surface area contributed by atoms with E-state index in [0.717, 1.165) is 12.8 Å². The molecule has 0 bridgehead atoms. The number of nitrogens with two attached hydrogens (primary N) is 1. The topological polar surface area (TPSA) is 67.1 Å². The molecule has 0 heterocycles. The summed E-state index contributed by atoms with van der Waals surface area (Å²) in [6.07, 6.45) is 6.07. The molecular weight excluding hydrogens is 245 g/mol. The number of anilines is 1. The second-order valence-corrected chi connectivity index (χ2v) is 5.02. The van der Waals surface area contributed by atoms with E-state index >= 15 is 0 Å². The summed E-state index contributed by atoms with van der Waals surface area (Å²) >= 11 is 0. The van der Waals surface area contributed by atoms with Gasteiger partial charge in [0.15, 0.2) is 0 Å². The van der Waals surface area contributed by atoms with E-state index in [9.17, 15) is 9.18 Å². The summed E-state index contributed by atoms with van der Waals surface area (Å²) in [6.45, 7) is 0.652. The van der Waals surface area contributed by atoms with Gasteiger partial charge in [-0.05, 0) is 30.9 Å². The molecule has 0 unspecified atom stereocenters. The number of halogens is 1. The van der Waals surface area contributed by atoms with Gasteiger partial charge in [-0.3, -0.25) is 10.6 Å². The van der Waals surface area contributed by atoms with Crippen LogP contribution in [-0.2, 0) is 0 Å². The van der Waals surface area contributed by atoms with Gasteiger partial charge in [0.05, 0.1) is 11.3 Å². The van der Waals surface area contributed by atoms with E-state index in [1.807, 2.05) is 0 Å². The normalized spacial score (nSPS) is 16.1. The molecule has 5 heteroatoms. The zero-order valence-corrected chi connectivity index (χ0v) is 10.9. The van der Waals surface area contributed by atoms with Gasteiger partial charge in [0.2, 0.25) is 0 Å². The van der Waals surface area contributed by atoms with Crippen LogP contribution in [0.5, 0.6) is 0 Å². The molecule has 0 radical (unpaired) electrons. The molecule has 1 amide bonds. The number of amides is 1. The molecule has 1 aromatic rings. The fourth-order valence-corrected chi connectivity index (χ4v) is 2.58. The van der Waals surface area contributed by atoms with Crippen LogP contribution in [0.1, 0.15) is 42.5 Å². The van der Waals surface area contributed by atoms with E-state index in [1.54, 1.807) is 6.07 Å². The van der Waals surface area contributed by atoms with Crippen molar-refractivity contribution >= 4 is 11.6 Å². The van der Waals surface area contributed by atoms with E-state index in [1.165, 1.54) is 31.4 Å². The van der Waals surface area contributed by atoms with Gasteiger partial charge in [-0.2, -0.15) is 0 Å². The van der Waals surface area contributed by atoms with Crippen LogP contribution in [0.25, 0.3) is 0 Å². The number of benzene rings is 1. The maximum absolute atomic E-state index is 13.5. The van der Waals surface area contributed by atoms with Crippen LogP contribution in [-0.4, -0.2) is 12.5 Å². The predicted molar refractivity (Wildman–Crippen MR) is 73.1 cm³/mol. The van der Waals surface area contributed by atoms with Crippen molar-refractivity contribution in [3.8, 4) is 0 Å². The third-order valence-electron chi connectivity index (χ3n) is 3.68. The lowest BCUT2D eigenvalue weighted by molar-refractivity contribution is 0.0944. The summed E-state index contributed by atoms with van der Waals surface area (Å²) in [5, 5.41) is 2.87. The minimum absolute atomic E-state index is 0.0450. The van der Waals surface area contributed by atoms with Gasteiger partial charge >= 0.3 is 0 Å². The monoisotopic (exact) mass is 265 g/mol. The Morgan fingerprint density at radius 2 is 2.05 bits per heavy atom. The smallest absolute Gasteiger partial charge is 0.253 e. The van der Waals surface area contributed by atoms with Crippen molar-refractivity contribution in [2.24, 2.45) is 11.8 Å². The van der Waals surface area contributed by atoms with Crippen LogP contribution in [0.3, 0.4) is 0 Å². The summed E-state index contributed by atoms with van der Waals surface area (Å²) in [4.78, 5) is 12.0. The Hall–Kier alpha value is -1.62. The van der Waals surface area contributed by atoms with Crippen molar-refractivity contribution in [3.05, 3.63) is 29.6 Å². The minimum Gasteiger partial charge on any atom is -0.352 e. The van der Waals surface area contributed by atoms with Crippen molar-refractivity contribution < 1.29 is 9.18 Å². The van der Waals surface area contributed by atoms with Gasteiger partial charge in [0.1, 0.15) is 5.82 Å². The number of hydrogen-bond donors (Lipinski definition) is 3. The molecule has 1 fully saturated rings. The van der Waals surface area contributed by atoms with Crippen molar-refractivity contribution in [3.63, 3.8) is 0 Å². The minimum atomic E-state index is -0.521. The Morgan fingerprint density at radius 1 is 1.32 bits per heavy atom. The van der Waals surface area contributed by atoms with E-state index in [4.69, 9.17) is 5.84 Å². The molecule has 0 atom stereocenters. The van der Waals surface area contributed by atoms with E-state index < -0.39 is 5.82 Å². The first-order valence-corrected chi connectivity index (χ1v) is 6.75. The molecule has 0 saturated heterocycles. The SMILES string of the molecule is NNc1c(F)cccc1C(=O)NCC1CCCCC1. The summed E-state index contributed by atoms with van der Waals surface area (Å²) in [5.74, 6) is 5.00. The molecule has 1 aliphatic rings. The highest BCUT2D eigenvalue weighted by Gasteiger charge is 2.17. The number of hydrazine groups is 1. The Morgan fingerprint density at radius 3 is 2.74 bits per heavy atom. The van der Waals surface area contributed by atoms with Gasteiger partial charge in [0, 0.05) is 6.54 Å². The molecule has 104 valence electrons. The van der Waals surface area contributed by atoms with Crippen LogP contribution >= 0.6 is 0 Å². The lowest BCUT2D eigenvalue weighted by Gasteiger charge is -2.22. The summed E-state index contributed by atoms with van der Waals surface area (Å²) in [7, 11) is 0. The van der Waals surface area contributed by atoms with Gasteiger partial charge in [0.25, 0.3) is 5.91 Å². The highest BCUT2D eigenvalue weighted by atomic mass is 19.1. The number of nitrogen functional groups attached to an aromatic ring is 1. The molecule has 0 spiro atoms. The molecule has 0 aliphatic heterocycles. The van der Waals surface area contributed by atoms with Crippen molar-refractivity contribution in [2.75, 3.05) is 12.0 Å². The third-order valence-corrected chi connectivity index (χ3v) is 3.68. The molecule has 1 aliphatic carbocycles. The molecule has 0 aromatic heterocycles. The number of carbonyl (C=O) groups is 1. The molecule has 4 nitrogen and oxygen atoms in total. The van der Waals surface area contributed by atoms with Gasteiger partial charge in [-0.1, -0.05) is 25.3 Å². The predicted octanol–water partition coefficient (Wildman–Crippen LogP) is 2.42. The second kappa shape index (κ2) is 6.52. The second-order valence-electron chi connectivity index (χ2n) is 5.02. The Labute approximate surface area is 112 Å². The standard InChI is InChI=1S/C14H20FN3O/c15-12-8-4-7-11(13(12)18-16)14(19)17-9-10-5-2-1-3-6-10/h4,7-8,10,18H,1-3,5-6,9,16H2,(H,17,19). The molecule has 19 heavy (non-hydrogen) atoms. The van der Waals surface area contributed by atoms with Crippen LogP contribution in [0.4, 0.5) is 10.1 Å². The van der Waals surface area contributed by atoms with E-state index in [0.29, 0.717) is 12.5 Å². The first-order chi connectivity index (χ1) is 9.22. The van der Waals surface area contributed by atoms with E-state index in [2.05, 4.69) is 10.7 Å². The average Bonchev–Trinajstić information content (AvgIpc) is 2.45. The summed E-state index contributed by atoms with van der Waals surface area (Å²) in [6, 6.07) is 4.34. The Balaban J connectivity index is 1.97. The highest BCUT2D eigenvalue weighted by molar-refractivity contribution is 5.99. The number of rotatable bonds is 4. The van der Waals surface area contributed by atoms with Gasteiger partial charge in [-0.25, -0.2) is 4.39 Å². The number of carbonyl (C=O) groups excluding carboxylic acids is 1. The van der Waals surface area contributed by atoms with Crippen molar-refractivity contribution in [1.29, 1.82) is 0 Å². The van der Waals surface area contributed by atoms with Gasteiger partial charge < -0.3 is 10.7 Å². The third kappa shape index (κ3) is 3.44. The lowest BCUT2D eigenvalue weighted by atomic mass is 9.89. The number of para-hydroxylation sites is 1. The zero-order chi connectivity index (χ0) is 13.7. The number of hydrogen-bond acceptors (Lipinski definition) is 3. The zero-order valence-electron chi connectivity index (χ0n) is 10.9. The molecular formula is C14H20FN3O. The van der Waals surface area contributed by atoms with Crippen LogP contribution in [0, 0.1) is 11.7 Å². The molecule has 1 saturated carbocycles. The van der Waals surface area contributed by atoms with Crippen molar-refractivity contribution in [2.45, 2.75) is 32.1 Å². The average molecular weight is 265 g/mol. The molecule has 4 N–H and O–H groups in total. The first-order valence-electron chi connectivity index (χ1n) is 6.75. The fraction of sp³-hybridized carbons (Fsp3) is 0.500. The fourth-order valence-electron chi connectivity index (χ4n) is 2.58. The van der Waals surface area contributed by atoms with E-state index in [-0.39, 0.29) is 17.2 Å². The maximum atomic E-state index is 13.5. The molecule has 1 aromatic carbocycles. The molecule has 2 rings (SSSR count). The number of nitrogens with one attached hydrogen (secondary N) is 2. The van der Waals surface area contributed by atoms with Crippen molar-refractivity contribution in [1.82, 2.24) is 5.32 Å².